The summed E-state index contributed by atoms with van der Waals surface area (Å²) >= 11 is 1.73. The lowest BCUT2D eigenvalue weighted by Crippen LogP contribution is -2.45. The summed E-state index contributed by atoms with van der Waals surface area (Å²) in [6.07, 6.45) is 1.52. The van der Waals surface area contributed by atoms with Gasteiger partial charge in [-0.25, -0.2) is 0 Å². The molecule has 2 aromatic rings. The topological polar surface area (TPSA) is 37.4 Å². The minimum Gasteiger partial charge on any atom is -0.342 e. The Balaban J connectivity index is 1.55. The molecule has 0 spiro atoms. The van der Waals surface area contributed by atoms with Crippen LogP contribution in [0.5, 0.6) is 0 Å². The lowest BCUT2D eigenvalue weighted by molar-refractivity contribution is -0.132. The van der Waals surface area contributed by atoms with Crippen molar-refractivity contribution in [3.63, 3.8) is 0 Å². The van der Waals surface area contributed by atoms with Gasteiger partial charge in [0.1, 0.15) is 0 Å². The van der Waals surface area contributed by atoms with Crippen LogP contribution in [0.1, 0.15) is 42.6 Å². The third-order valence-electron chi connectivity index (χ3n) is 5.36. The van der Waals surface area contributed by atoms with Crippen molar-refractivity contribution >= 4 is 23.5 Å². The van der Waals surface area contributed by atoms with Gasteiger partial charge in [0, 0.05) is 30.3 Å². The highest BCUT2D eigenvalue weighted by molar-refractivity contribution is 7.99. The third-order valence-corrected chi connectivity index (χ3v) is 6.96. The zero-order valence-corrected chi connectivity index (χ0v) is 17.5. The van der Waals surface area contributed by atoms with Gasteiger partial charge in [-0.15, -0.1) is 11.8 Å². The smallest absolute Gasteiger partial charge is 0.235 e. The van der Waals surface area contributed by atoms with Crippen molar-refractivity contribution in [2.45, 2.75) is 37.7 Å². The van der Waals surface area contributed by atoms with Crippen molar-refractivity contribution in [1.29, 1.82) is 0 Å². The minimum atomic E-state index is -0.0402. The minimum absolute atomic E-state index is 0.0286. The molecular weight excluding hydrogens is 366 g/mol. The van der Waals surface area contributed by atoms with Crippen LogP contribution in [0.25, 0.3) is 0 Å². The van der Waals surface area contributed by atoms with E-state index in [4.69, 9.17) is 0 Å². The second-order valence-corrected chi connectivity index (χ2v) is 8.92. The SMILES string of the molecule is CC(C)C(SCc1ccccc1)C(=O)N1CCC(C(=O)c2ccccc2)CC1. The summed E-state index contributed by atoms with van der Waals surface area (Å²) in [4.78, 5) is 27.8. The fourth-order valence-electron chi connectivity index (χ4n) is 3.69. The average molecular weight is 396 g/mol. The van der Waals surface area contributed by atoms with Crippen molar-refractivity contribution in [2.24, 2.45) is 11.8 Å². The number of rotatable bonds is 7. The molecule has 0 N–H and O–H groups in total. The van der Waals surface area contributed by atoms with Crippen molar-refractivity contribution in [1.82, 2.24) is 4.90 Å². The van der Waals surface area contributed by atoms with Gasteiger partial charge in [-0.1, -0.05) is 74.5 Å². The Morgan fingerprint density at radius 1 is 0.964 bits per heavy atom. The van der Waals surface area contributed by atoms with E-state index >= 15 is 0 Å². The second kappa shape index (κ2) is 9.92. The van der Waals surface area contributed by atoms with Gasteiger partial charge in [-0.2, -0.15) is 0 Å². The van der Waals surface area contributed by atoms with E-state index < -0.39 is 0 Å². The molecule has 0 radical (unpaired) electrons. The van der Waals surface area contributed by atoms with Crippen LogP contribution in [0.3, 0.4) is 0 Å². The predicted molar refractivity (Wildman–Crippen MR) is 116 cm³/mol. The Hall–Kier alpha value is -2.07. The van der Waals surface area contributed by atoms with Crippen molar-refractivity contribution in [3.8, 4) is 0 Å². The summed E-state index contributed by atoms with van der Waals surface area (Å²) in [6.45, 7) is 5.59. The molecule has 1 saturated heterocycles. The monoisotopic (exact) mass is 395 g/mol. The van der Waals surface area contributed by atoms with Crippen molar-refractivity contribution < 1.29 is 9.59 Å². The van der Waals surface area contributed by atoms with Gasteiger partial charge < -0.3 is 4.90 Å². The predicted octanol–water partition coefficient (Wildman–Crippen LogP) is 5.07. The third kappa shape index (κ3) is 5.26. The summed E-state index contributed by atoms with van der Waals surface area (Å²) < 4.78 is 0. The summed E-state index contributed by atoms with van der Waals surface area (Å²) in [5.74, 6) is 1.59. The Labute approximate surface area is 172 Å². The molecule has 3 nitrogen and oxygen atoms in total. The van der Waals surface area contributed by atoms with E-state index in [1.165, 1.54) is 5.56 Å². The number of amides is 1. The van der Waals surface area contributed by atoms with Crippen LogP contribution in [0.15, 0.2) is 60.7 Å². The van der Waals surface area contributed by atoms with E-state index in [-0.39, 0.29) is 28.8 Å². The maximum Gasteiger partial charge on any atom is 0.235 e. The first kappa shape index (κ1) is 20.7. The number of benzene rings is 2. The molecule has 0 aromatic heterocycles. The maximum absolute atomic E-state index is 13.1. The van der Waals surface area contributed by atoms with Crippen LogP contribution in [0.4, 0.5) is 0 Å². The molecule has 0 saturated carbocycles. The number of Topliss-reactive ketones (excluding diaryl/α,β-unsaturated/α-hetero) is 1. The van der Waals surface area contributed by atoms with Crippen LogP contribution >= 0.6 is 11.8 Å². The molecule has 1 aliphatic heterocycles. The number of hydrogen-bond acceptors (Lipinski definition) is 3. The molecule has 1 fully saturated rings. The second-order valence-electron chi connectivity index (χ2n) is 7.79. The molecule has 0 aliphatic carbocycles. The van der Waals surface area contributed by atoms with E-state index in [0.717, 1.165) is 24.2 Å². The number of ketones is 1. The first-order chi connectivity index (χ1) is 13.6. The molecule has 1 amide bonds. The fourth-order valence-corrected chi connectivity index (χ4v) is 4.93. The van der Waals surface area contributed by atoms with Gasteiger partial charge in [-0.3, -0.25) is 9.59 Å². The molecule has 1 heterocycles. The number of thioether (sulfide) groups is 1. The highest BCUT2D eigenvalue weighted by atomic mass is 32.2. The highest BCUT2D eigenvalue weighted by Gasteiger charge is 2.32. The molecule has 28 heavy (non-hydrogen) atoms. The van der Waals surface area contributed by atoms with Crippen molar-refractivity contribution in [3.05, 3.63) is 71.8 Å². The van der Waals surface area contributed by atoms with Crippen molar-refractivity contribution in [2.75, 3.05) is 13.1 Å². The number of carbonyl (C=O) groups is 2. The summed E-state index contributed by atoms with van der Waals surface area (Å²) in [6, 6.07) is 19.8. The standard InChI is InChI=1S/C24H29NO2S/c1-18(2)23(28-17-19-9-5-3-6-10-19)24(27)25-15-13-21(14-16-25)22(26)20-11-7-4-8-12-20/h3-12,18,21,23H,13-17H2,1-2H3. The van der Waals surface area contributed by atoms with Gasteiger partial charge in [0.2, 0.25) is 5.91 Å². The normalized spacial score (nSPS) is 16.2. The molecule has 4 heteroatoms. The first-order valence-electron chi connectivity index (χ1n) is 10.1. The molecule has 1 aliphatic rings. The Morgan fingerprint density at radius 3 is 2.11 bits per heavy atom. The van der Waals surface area contributed by atoms with Gasteiger partial charge in [0.05, 0.1) is 5.25 Å². The number of likely N-dealkylation sites (tertiary alicyclic amines) is 1. The van der Waals surface area contributed by atoms with Crippen LogP contribution in [0, 0.1) is 11.8 Å². The lowest BCUT2D eigenvalue weighted by Gasteiger charge is -2.34. The van der Waals surface area contributed by atoms with E-state index in [1.54, 1.807) is 11.8 Å². The van der Waals surface area contributed by atoms with Gasteiger partial charge in [0.15, 0.2) is 5.78 Å². The zero-order valence-electron chi connectivity index (χ0n) is 16.7. The Morgan fingerprint density at radius 2 is 1.54 bits per heavy atom. The number of piperidine rings is 1. The van der Waals surface area contributed by atoms with E-state index in [0.29, 0.717) is 13.1 Å². The lowest BCUT2D eigenvalue weighted by atomic mass is 9.88. The highest BCUT2D eigenvalue weighted by Crippen LogP contribution is 2.28. The molecule has 0 bridgehead atoms. The molecule has 1 atom stereocenters. The molecule has 1 unspecified atom stereocenters. The first-order valence-corrected chi connectivity index (χ1v) is 11.1. The largest absolute Gasteiger partial charge is 0.342 e. The van der Waals surface area contributed by atoms with Gasteiger partial charge in [-0.05, 0) is 24.3 Å². The molecule has 3 rings (SSSR count). The van der Waals surface area contributed by atoms with Gasteiger partial charge >= 0.3 is 0 Å². The fraction of sp³-hybridized carbons (Fsp3) is 0.417. The summed E-state index contributed by atoms with van der Waals surface area (Å²) in [7, 11) is 0. The Kier molecular flexibility index (Phi) is 7.32. The maximum atomic E-state index is 13.1. The number of nitrogens with zero attached hydrogens (tertiary/aromatic N) is 1. The summed E-state index contributed by atoms with van der Waals surface area (Å²) in [5, 5.41) is -0.0402. The van der Waals surface area contributed by atoms with Crippen LogP contribution in [0.2, 0.25) is 0 Å². The van der Waals surface area contributed by atoms with Crippen LogP contribution < -0.4 is 0 Å². The van der Waals surface area contributed by atoms with E-state index in [2.05, 4.69) is 26.0 Å². The average Bonchev–Trinajstić information content (AvgIpc) is 2.74. The molecule has 148 valence electrons. The zero-order chi connectivity index (χ0) is 19.9. The molecule has 2 aromatic carbocycles. The quantitative estimate of drug-likeness (QED) is 0.615. The van der Waals surface area contributed by atoms with Crippen LogP contribution in [-0.2, 0) is 10.5 Å². The molecular formula is C24H29NO2S. The summed E-state index contributed by atoms with van der Waals surface area (Å²) in [5.41, 5.74) is 2.03. The van der Waals surface area contributed by atoms with Gasteiger partial charge in [0.25, 0.3) is 0 Å². The van der Waals surface area contributed by atoms with Crippen LogP contribution in [-0.4, -0.2) is 34.9 Å². The number of carbonyl (C=O) groups excluding carboxylic acids is 2. The number of hydrogen-bond donors (Lipinski definition) is 0. The van der Waals surface area contributed by atoms with E-state index in [1.807, 2.05) is 53.4 Å². The van der Waals surface area contributed by atoms with E-state index in [9.17, 15) is 9.59 Å². The Bertz CT molecular complexity index is 768.